The standard InChI is InChI=1S/C12H12N2O2/c1-2-9(11-13-4-6-15-11)8-10(3-1)12-14-5-7-16-12/h1-3,8H,4-7H2. The maximum absolute atomic E-state index is 5.43. The average Bonchev–Trinajstić information content (AvgIpc) is 3.03. The Labute approximate surface area is 93.6 Å². The number of hydrogen-bond acceptors (Lipinski definition) is 4. The summed E-state index contributed by atoms with van der Waals surface area (Å²) in [5.41, 5.74) is 1.99. The largest absolute Gasteiger partial charge is 0.476 e. The van der Waals surface area contributed by atoms with Crippen LogP contribution in [0.1, 0.15) is 11.1 Å². The van der Waals surface area contributed by atoms with Crippen molar-refractivity contribution < 1.29 is 9.47 Å². The predicted molar refractivity (Wildman–Crippen MR) is 61.2 cm³/mol. The van der Waals surface area contributed by atoms with E-state index in [-0.39, 0.29) is 0 Å². The fourth-order valence-electron chi connectivity index (χ4n) is 1.80. The molecule has 0 radical (unpaired) electrons. The van der Waals surface area contributed by atoms with E-state index in [4.69, 9.17) is 9.47 Å². The third kappa shape index (κ3) is 1.66. The second kappa shape index (κ2) is 3.96. The van der Waals surface area contributed by atoms with Crippen molar-refractivity contribution in [1.29, 1.82) is 0 Å². The monoisotopic (exact) mass is 216 g/mol. The van der Waals surface area contributed by atoms with Gasteiger partial charge >= 0.3 is 0 Å². The first-order valence-electron chi connectivity index (χ1n) is 5.39. The number of rotatable bonds is 2. The Morgan fingerprint density at radius 2 is 1.44 bits per heavy atom. The summed E-state index contributed by atoms with van der Waals surface area (Å²) in [5, 5.41) is 0. The van der Waals surface area contributed by atoms with Gasteiger partial charge in [0, 0.05) is 11.1 Å². The van der Waals surface area contributed by atoms with E-state index in [0.29, 0.717) is 13.2 Å². The summed E-state index contributed by atoms with van der Waals surface area (Å²) in [5.74, 6) is 1.45. The Bertz CT molecular complexity index is 427. The quantitative estimate of drug-likeness (QED) is 0.746. The van der Waals surface area contributed by atoms with E-state index >= 15 is 0 Å². The highest BCUT2D eigenvalue weighted by atomic mass is 16.5. The molecule has 16 heavy (non-hydrogen) atoms. The Morgan fingerprint density at radius 3 is 1.88 bits per heavy atom. The summed E-state index contributed by atoms with van der Waals surface area (Å²) in [6.45, 7) is 2.85. The average molecular weight is 216 g/mol. The van der Waals surface area contributed by atoms with E-state index < -0.39 is 0 Å². The predicted octanol–water partition coefficient (Wildman–Crippen LogP) is 1.24. The topological polar surface area (TPSA) is 43.2 Å². The van der Waals surface area contributed by atoms with Crippen molar-refractivity contribution in [2.45, 2.75) is 0 Å². The molecule has 0 atom stereocenters. The number of aliphatic imine (C=N–C) groups is 2. The fourth-order valence-corrected chi connectivity index (χ4v) is 1.80. The van der Waals surface area contributed by atoms with Gasteiger partial charge in [0.25, 0.3) is 0 Å². The molecule has 3 rings (SSSR count). The molecule has 1 aromatic rings. The second-order valence-electron chi connectivity index (χ2n) is 3.65. The molecule has 0 bridgehead atoms. The van der Waals surface area contributed by atoms with Gasteiger partial charge in [-0.3, -0.25) is 0 Å². The molecule has 2 aliphatic rings. The van der Waals surface area contributed by atoms with Crippen LogP contribution in [-0.2, 0) is 9.47 Å². The summed E-state index contributed by atoms with van der Waals surface area (Å²) >= 11 is 0. The normalized spacial score (nSPS) is 18.8. The molecule has 4 heteroatoms. The summed E-state index contributed by atoms with van der Waals surface area (Å²) in [6.07, 6.45) is 0. The zero-order valence-corrected chi connectivity index (χ0v) is 8.85. The Morgan fingerprint density at radius 1 is 0.875 bits per heavy atom. The van der Waals surface area contributed by atoms with Crippen LogP contribution in [0.5, 0.6) is 0 Å². The van der Waals surface area contributed by atoms with E-state index in [1.54, 1.807) is 0 Å². The van der Waals surface area contributed by atoms with Crippen molar-refractivity contribution >= 4 is 11.8 Å². The van der Waals surface area contributed by atoms with Gasteiger partial charge in [-0.15, -0.1) is 0 Å². The van der Waals surface area contributed by atoms with E-state index in [2.05, 4.69) is 9.98 Å². The first kappa shape index (κ1) is 9.39. The van der Waals surface area contributed by atoms with E-state index in [1.807, 2.05) is 24.3 Å². The lowest BCUT2D eigenvalue weighted by Crippen LogP contribution is -2.05. The highest BCUT2D eigenvalue weighted by molar-refractivity contribution is 6.00. The number of benzene rings is 1. The highest BCUT2D eigenvalue weighted by Crippen LogP contribution is 2.13. The fraction of sp³-hybridized carbons (Fsp3) is 0.333. The zero-order chi connectivity index (χ0) is 10.8. The molecule has 0 amide bonds. The van der Waals surface area contributed by atoms with Gasteiger partial charge in [0.2, 0.25) is 11.8 Å². The maximum Gasteiger partial charge on any atom is 0.216 e. The summed E-state index contributed by atoms with van der Waals surface area (Å²) in [6, 6.07) is 7.96. The molecule has 0 saturated heterocycles. The van der Waals surface area contributed by atoms with Crippen LogP contribution in [0, 0.1) is 0 Å². The lowest BCUT2D eigenvalue weighted by Gasteiger charge is -2.05. The molecule has 2 aliphatic heterocycles. The van der Waals surface area contributed by atoms with E-state index in [0.717, 1.165) is 36.0 Å². The smallest absolute Gasteiger partial charge is 0.216 e. The van der Waals surface area contributed by atoms with E-state index in [9.17, 15) is 0 Å². The van der Waals surface area contributed by atoms with Gasteiger partial charge in [-0.1, -0.05) is 6.07 Å². The molecule has 82 valence electrons. The van der Waals surface area contributed by atoms with Gasteiger partial charge in [-0.05, 0) is 18.2 Å². The SMILES string of the molecule is c1cc(C2=NCCO2)cc(C2=NCCO2)c1. The maximum atomic E-state index is 5.43. The molecule has 0 aromatic heterocycles. The molecule has 0 unspecified atom stereocenters. The minimum Gasteiger partial charge on any atom is -0.476 e. The van der Waals surface area contributed by atoms with Crippen molar-refractivity contribution in [2.24, 2.45) is 9.98 Å². The number of hydrogen-bond donors (Lipinski definition) is 0. The van der Waals surface area contributed by atoms with Crippen molar-refractivity contribution in [3.05, 3.63) is 35.4 Å². The van der Waals surface area contributed by atoms with Crippen LogP contribution in [0.3, 0.4) is 0 Å². The van der Waals surface area contributed by atoms with Crippen LogP contribution in [-0.4, -0.2) is 38.1 Å². The highest BCUT2D eigenvalue weighted by Gasteiger charge is 2.14. The molecule has 0 saturated carbocycles. The summed E-state index contributed by atoms with van der Waals surface area (Å²) in [7, 11) is 0. The molecule has 0 aliphatic carbocycles. The van der Waals surface area contributed by atoms with Crippen LogP contribution in [0.15, 0.2) is 34.3 Å². The van der Waals surface area contributed by atoms with Crippen molar-refractivity contribution in [1.82, 2.24) is 0 Å². The molecule has 0 fully saturated rings. The van der Waals surface area contributed by atoms with Crippen molar-refractivity contribution in [3.8, 4) is 0 Å². The molecule has 4 nitrogen and oxygen atoms in total. The van der Waals surface area contributed by atoms with Gasteiger partial charge in [0.1, 0.15) is 13.2 Å². The first-order valence-corrected chi connectivity index (χ1v) is 5.39. The van der Waals surface area contributed by atoms with Crippen molar-refractivity contribution in [3.63, 3.8) is 0 Å². The molecule has 2 heterocycles. The van der Waals surface area contributed by atoms with Gasteiger partial charge in [-0.2, -0.15) is 0 Å². The lowest BCUT2D eigenvalue weighted by atomic mass is 10.1. The molecule has 1 aromatic carbocycles. The summed E-state index contributed by atoms with van der Waals surface area (Å²) in [4.78, 5) is 8.57. The Hall–Kier alpha value is -1.84. The van der Waals surface area contributed by atoms with E-state index in [1.165, 1.54) is 0 Å². The Balaban J connectivity index is 1.93. The van der Waals surface area contributed by atoms with Crippen molar-refractivity contribution in [2.75, 3.05) is 26.3 Å². The number of ether oxygens (including phenoxy) is 2. The van der Waals surface area contributed by atoms with Crippen LogP contribution < -0.4 is 0 Å². The van der Waals surface area contributed by atoms with Gasteiger partial charge in [0.05, 0.1) is 13.1 Å². The number of nitrogens with zero attached hydrogens (tertiary/aromatic N) is 2. The second-order valence-corrected chi connectivity index (χ2v) is 3.65. The van der Waals surface area contributed by atoms with Crippen LogP contribution in [0.2, 0.25) is 0 Å². The van der Waals surface area contributed by atoms with Crippen LogP contribution in [0.25, 0.3) is 0 Å². The molecule has 0 spiro atoms. The zero-order valence-electron chi connectivity index (χ0n) is 8.85. The minimum atomic E-state index is 0.678. The van der Waals surface area contributed by atoms with Gasteiger partial charge < -0.3 is 9.47 Å². The molecular formula is C12H12N2O2. The summed E-state index contributed by atoms with van der Waals surface area (Å²) < 4.78 is 10.9. The molecular weight excluding hydrogens is 204 g/mol. The van der Waals surface area contributed by atoms with Crippen LogP contribution in [0.4, 0.5) is 0 Å². The first-order chi connectivity index (χ1) is 7.93. The van der Waals surface area contributed by atoms with Gasteiger partial charge in [0.15, 0.2) is 0 Å². The lowest BCUT2D eigenvalue weighted by molar-refractivity contribution is 0.347. The minimum absolute atomic E-state index is 0.678. The third-order valence-electron chi connectivity index (χ3n) is 2.53. The van der Waals surface area contributed by atoms with Gasteiger partial charge in [-0.25, -0.2) is 9.98 Å². The Kier molecular flexibility index (Phi) is 2.33. The van der Waals surface area contributed by atoms with Crippen LogP contribution >= 0.6 is 0 Å². The third-order valence-corrected chi connectivity index (χ3v) is 2.53. The molecule has 0 N–H and O–H groups in total.